The van der Waals surface area contributed by atoms with Gasteiger partial charge in [0, 0.05) is 13.5 Å². The lowest BCUT2D eigenvalue weighted by Crippen LogP contribution is -2.57. The number of hydrogen-bond acceptors (Lipinski definition) is 8. The van der Waals surface area contributed by atoms with E-state index in [0.717, 1.165) is 0 Å². The number of aliphatic hydroxyl groups is 1. The molecular weight excluding hydrogens is 434 g/mol. The number of carbonyl (C=O) groups is 6. The van der Waals surface area contributed by atoms with Gasteiger partial charge in [0.2, 0.25) is 23.8 Å². The minimum Gasteiger partial charge on any atom is -0.480 e. The van der Waals surface area contributed by atoms with Gasteiger partial charge in [0.25, 0.3) is 5.91 Å². The van der Waals surface area contributed by atoms with Crippen molar-refractivity contribution in [3.05, 3.63) is 0 Å². The summed E-state index contributed by atoms with van der Waals surface area (Å²) < 4.78 is 0. The summed E-state index contributed by atoms with van der Waals surface area (Å²) >= 11 is 0. The fourth-order valence-corrected chi connectivity index (χ4v) is 2.20. The molecule has 0 radical (unpaired) electrons. The number of amides is 4. The number of nitrogens with two attached hydrogens (primary N) is 2. The number of aliphatic imine (C=N–C) groups is 1. The smallest absolute Gasteiger partial charge is 0.336 e. The van der Waals surface area contributed by atoms with Crippen LogP contribution in [0.2, 0.25) is 0 Å². The van der Waals surface area contributed by atoms with Gasteiger partial charge in [0.05, 0.1) is 13.2 Å². The van der Waals surface area contributed by atoms with Gasteiger partial charge >= 0.3 is 11.9 Å². The van der Waals surface area contributed by atoms with Gasteiger partial charge in [-0.25, -0.2) is 9.59 Å². The molecule has 0 fully saturated rings. The Morgan fingerprint density at radius 2 is 1.53 bits per heavy atom. The van der Waals surface area contributed by atoms with Gasteiger partial charge in [0.1, 0.15) is 12.1 Å². The Kier molecular flexibility index (Phi) is 12.4. The third kappa shape index (κ3) is 11.3. The number of carbonyl (C=O) groups excluding carboxylic acids is 4. The number of nitrogens with one attached hydrogen (secondary N) is 4. The Bertz CT molecular complexity index is 752. The summed E-state index contributed by atoms with van der Waals surface area (Å²) in [5, 5.41) is 34.9. The van der Waals surface area contributed by atoms with Gasteiger partial charge in [-0.15, -0.1) is 0 Å². The summed E-state index contributed by atoms with van der Waals surface area (Å²) in [6.07, 6.45) is 0.445. The number of carboxylic acids is 2. The van der Waals surface area contributed by atoms with E-state index in [-0.39, 0.29) is 18.9 Å². The highest BCUT2D eigenvalue weighted by atomic mass is 16.4. The molecule has 3 atom stereocenters. The highest BCUT2D eigenvalue weighted by Gasteiger charge is 2.31. The van der Waals surface area contributed by atoms with Crippen LogP contribution in [0, 0.1) is 0 Å². The van der Waals surface area contributed by atoms with Crippen LogP contribution in [0.1, 0.15) is 19.8 Å². The fraction of sp³-hybridized carbons (Fsp3) is 0.562. The Morgan fingerprint density at radius 1 is 0.906 bits per heavy atom. The van der Waals surface area contributed by atoms with Crippen LogP contribution in [0.4, 0.5) is 0 Å². The maximum Gasteiger partial charge on any atom is 0.336 e. The molecule has 0 saturated heterocycles. The molecular formula is C16H27N7O9. The van der Waals surface area contributed by atoms with Crippen molar-refractivity contribution >= 4 is 41.5 Å². The predicted molar refractivity (Wildman–Crippen MR) is 107 cm³/mol. The van der Waals surface area contributed by atoms with Crippen molar-refractivity contribution in [3.63, 3.8) is 0 Å². The number of aliphatic hydroxyl groups excluding tert-OH is 1. The predicted octanol–water partition coefficient (Wildman–Crippen LogP) is -5.21. The topological polar surface area (TPSA) is 276 Å². The van der Waals surface area contributed by atoms with E-state index < -0.39 is 66.8 Å². The van der Waals surface area contributed by atoms with Crippen LogP contribution >= 0.6 is 0 Å². The molecule has 0 spiro atoms. The van der Waals surface area contributed by atoms with E-state index in [4.69, 9.17) is 26.8 Å². The van der Waals surface area contributed by atoms with Crippen molar-refractivity contribution < 1.29 is 44.1 Å². The van der Waals surface area contributed by atoms with E-state index >= 15 is 0 Å². The van der Waals surface area contributed by atoms with Crippen LogP contribution in [-0.2, 0) is 28.8 Å². The Morgan fingerprint density at radius 3 is 2.00 bits per heavy atom. The number of guanidine groups is 1. The first-order valence-electron chi connectivity index (χ1n) is 9.15. The van der Waals surface area contributed by atoms with Crippen LogP contribution in [0.15, 0.2) is 4.99 Å². The molecule has 0 rings (SSSR count). The van der Waals surface area contributed by atoms with Gasteiger partial charge in [-0.2, -0.15) is 0 Å². The Hall–Kier alpha value is -3.95. The third-order valence-corrected chi connectivity index (χ3v) is 3.67. The number of nitrogens with zero attached hydrogens (tertiary/aromatic N) is 1. The molecule has 0 aromatic heterocycles. The van der Waals surface area contributed by atoms with Crippen molar-refractivity contribution in [1.29, 1.82) is 0 Å². The standard InChI is InChI=1S/C16H27N7O9/c1-7(25)21-8(3-2-4-19-16(17)18)12(27)20-5-10(26)23-11(15(31)32)13(28)22-9(6-24)14(29)30/h8-9,11,24H,2-6H2,1H3,(H,20,27)(H,21,25)(H,22,28)(H,23,26)(H,29,30)(H,31,32)(H4,17,18,19). The second-order valence-electron chi connectivity index (χ2n) is 6.34. The second kappa shape index (κ2) is 14.1. The highest BCUT2D eigenvalue weighted by molar-refractivity contribution is 6.05. The Balaban J connectivity index is 4.90. The minimum atomic E-state index is -2.18. The summed E-state index contributed by atoms with van der Waals surface area (Å²) in [5.41, 5.74) is 10.4. The third-order valence-electron chi connectivity index (χ3n) is 3.67. The molecule has 4 amide bonds. The van der Waals surface area contributed by atoms with Crippen LogP contribution in [0.3, 0.4) is 0 Å². The van der Waals surface area contributed by atoms with Crippen molar-refractivity contribution in [2.75, 3.05) is 19.7 Å². The van der Waals surface area contributed by atoms with Crippen LogP contribution in [0.25, 0.3) is 0 Å². The van der Waals surface area contributed by atoms with Gasteiger partial charge in [0.15, 0.2) is 5.96 Å². The first-order valence-corrected chi connectivity index (χ1v) is 9.15. The molecule has 0 aromatic rings. The molecule has 180 valence electrons. The number of hydrogen-bond donors (Lipinski definition) is 9. The summed E-state index contributed by atoms with van der Waals surface area (Å²) in [4.78, 5) is 73.2. The van der Waals surface area contributed by atoms with Crippen molar-refractivity contribution in [3.8, 4) is 0 Å². The SMILES string of the molecule is CC(=O)NC(CCCN=C(N)N)C(=O)NCC(=O)NC(C(=O)O)C(=O)NC(CO)C(=O)O. The summed E-state index contributed by atoms with van der Waals surface area (Å²) in [7, 11) is 0. The summed E-state index contributed by atoms with van der Waals surface area (Å²) in [6, 6.07) is -4.99. The van der Waals surface area contributed by atoms with E-state index in [0.29, 0.717) is 6.42 Å². The summed E-state index contributed by atoms with van der Waals surface area (Å²) in [5.74, 6) is -7.33. The number of carboxylic acid groups (broad SMARTS) is 2. The molecule has 0 saturated carbocycles. The zero-order valence-electron chi connectivity index (χ0n) is 17.2. The average Bonchev–Trinajstić information content (AvgIpc) is 2.69. The molecule has 0 aliphatic carbocycles. The quantitative estimate of drug-likeness (QED) is 0.0510. The van der Waals surface area contributed by atoms with Crippen LogP contribution in [-0.4, -0.2) is 94.7 Å². The largest absolute Gasteiger partial charge is 0.480 e. The Labute approximate surface area is 181 Å². The highest BCUT2D eigenvalue weighted by Crippen LogP contribution is 1.99. The average molecular weight is 461 g/mol. The monoisotopic (exact) mass is 461 g/mol. The van der Waals surface area contributed by atoms with Crippen molar-refractivity contribution in [2.24, 2.45) is 16.5 Å². The maximum atomic E-state index is 12.2. The van der Waals surface area contributed by atoms with Gasteiger partial charge in [-0.3, -0.25) is 24.2 Å². The minimum absolute atomic E-state index is 0.127. The molecule has 0 heterocycles. The number of aliphatic carboxylic acids is 2. The van der Waals surface area contributed by atoms with Crippen molar-refractivity contribution in [2.45, 2.75) is 37.9 Å². The molecule has 32 heavy (non-hydrogen) atoms. The maximum absolute atomic E-state index is 12.2. The zero-order valence-corrected chi connectivity index (χ0v) is 17.2. The lowest BCUT2D eigenvalue weighted by molar-refractivity contribution is -0.149. The van der Waals surface area contributed by atoms with E-state index in [1.54, 1.807) is 5.32 Å². The molecule has 0 aromatic carbocycles. The van der Waals surface area contributed by atoms with Crippen molar-refractivity contribution in [1.82, 2.24) is 21.3 Å². The van der Waals surface area contributed by atoms with E-state index in [2.05, 4.69) is 15.6 Å². The lowest BCUT2D eigenvalue weighted by Gasteiger charge is -2.19. The van der Waals surface area contributed by atoms with E-state index in [9.17, 15) is 28.8 Å². The molecule has 0 aliphatic rings. The molecule has 11 N–H and O–H groups in total. The molecule has 3 unspecified atom stereocenters. The fourth-order valence-electron chi connectivity index (χ4n) is 2.20. The molecule has 0 bridgehead atoms. The first kappa shape index (κ1) is 28.0. The summed E-state index contributed by atoms with van der Waals surface area (Å²) in [6.45, 7) is -0.393. The van der Waals surface area contributed by atoms with Gasteiger partial charge in [-0.1, -0.05) is 0 Å². The molecule has 16 nitrogen and oxygen atoms in total. The molecule has 16 heteroatoms. The first-order chi connectivity index (χ1) is 14.9. The van der Waals surface area contributed by atoms with E-state index in [1.807, 2.05) is 5.32 Å². The van der Waals surface area contributed by atoms with Crippen LogP contribution < -0.4 is 32.7 Å². The van der Waals surface area contributed by atoms with E-state index in [1.165, 1.54) is 6.92 Å². The second-order valence-corrected chi connectivity index (χ2v) is 6.34. The zero-order chi connectivity index (χ0) is 24.8. The number of rotatable bonds is 14. The van der Waals surface area contributed by atoms with Gasteiger partial charge in [-0.05, 0) is 12.8 Å². The van der Waals surface area contributed by atoms with Gasteiger partial charge < -0.3 is 48.1 Å². The molecule has 0 aliphatic heterocycles. The van der Waals surface area contributed by atoms with Crippen LogP contribution in [0.5, 0.6) is 0 Å². The normalized spacial score (nSPS) is 12.9. The lowest BCUT2D eigenvalue weighted by atomic mass is 10.1.